The van der Waals surface area contributed by atoms with Crippen LogP contribution in [0.5, 0.6) is 0 Å². The summed E-state index contributed by atoms with van der Waals surface area (Å²) in [4.78, 5) is 0. The van der Waals surface area contributed by atoms with Gasteiger partial charge in [-0.05, 0) is 44.0 Å². The number of nitrogens with zero attached hydrogens (tertiary/aromatic N) is 1. The molecule has 0 saturated carbocycles. The van der Waals surface area contributed by atoms with Crippen molar-refractivity contribution in [3.8, 4) is 6.07 Å². The maximum Gasteiger partial charge on any atom is 0.123 e. The lowest BCUT2D eigenvalue weighted by molar-refractivity contribution is 0.543. The van der Waals surface area contributed by atoms with E-state index in [4.69, 9.17) is 5.26 Å². The van der Waals surface area contributed by atoms with E-state index in [0.717, 1.165) is 24.9 Å². The summed E-state index contributed by atoms with van der Waals surface area (Å²) in [6, 6.07) is 8.90. The fourth-order valence-electron chi connectivity index (χ4n) is 1.54. The Bertz CT molecular complexity index is 357. The van der Waals surface area contributed by atoms with Crippen molar-refractivity contribution in [3.63, 3.8) is 0 Å². The summed E-state index contributed by atoms with van der Waals surface area (Å²) in [5.74, 6) is -0.198. The van der Waals surface area contributed by atoms with E-state index in [0.29, 0.717) is 6.42 Å². The molecule has 0 saturated heterocycles. The highest BCUT2D eigenvalue weighted by atomic mass is 19.1. The van der Waals surface area contributed by atoms with Gasteiger partial charge in [0.1, 0.15) is 5.82 Å². The van der Waals surface area contributed by atoms with Crippen LogP contribution < -0.4 is 5.32 Å². The number of hydrogen-bond acceptors (Lipinski definition) is 2. The van der Waals surface area contributed by atoms with Gasteiger partial charge in [0.2, 0.25) is 0 Å². The second-order valence-corrected chi connectivity index (χ2v) is 3.85. The van der Waals surface area contributed by atoms with Gasteiger partial charge in [-0.2, -0.15) is 5.26 Å². The first-order valence-corrected chi connectivity index (χ1v) is 5.60. The number of nitriles is 1. The molecule has 1 atom stereocenters. The maximum absolute atomic E-state index is 13.0. The van der Waals surface area contributed by atoms with Crippen molar-refractivity contribution in [3.05, 3.63) is 35.6 Å². The summed E-state index contributed by atoms with van der Waals surface area (Å²) in [7, 11) is 0. The van der Waals surface area contributed by atoms with Crippen LogP contribution in [0.4, 0.5) is 4.39 Å². The van der Waals surface area contributed by atoms with Crippen molar-refractivity contribution in [1.29, 1.82) is 5.26 Å². The van der Waals surface area contributed by atoms with E-state index in [2.05, 4.69) is 11.4 Å². The highest BCUT2D eigenvalue weighted by molar-refractivity contribution is 5.19. The summed E-state index contributed by atoms with van der Waals surface area (Å²) in [6.07, 6.45) is 2.50. The van der Waals surface area contributed by atoms with E-state index in [9.17, 15) is 4.39 Å². The van der Waals surface area contributed by atoms with Crippen LogP contribution in [0, 0.1) is 17.1 Å². The highest BCUT2D eigenvalue weighted by Crippen LogP contribution is 2.13. The molecular weight excluding hydrogens is 203 g/mol. The van der Waals surface area contributed by atoms with Crippen LogP contribution >= 0.6 is 0 Å². The first-order valence-electron chi connectivity index (χ1n) is 5.60. The molecule has 1 aromatic rings. The lowest BCUT2D eigenvalue weighted by atomic mass is 10.1. The summed E-state index contributed by atoms with van der Waals surface area (Å²) >= 11 is 0. The molecular formula is C13H17FN2. The summed E-state index contributed by atoms with van der Waals surface area (Å²) in [5, 5.41) is 11.7. The summed E-state index contributed by atoms with van der Waals surface area (Å²) in [5.41, 5.74) is 0.959. The second-order valence-electron chi connectivity index (χ2n) is 3.85. The molecule has 0 unspecified atom stereocenters. The predicted molar refractivity (Wildman–Crippen MR) is 62.3 cm³/mol. The average Bonchev–Trinajstić information content (AvgIpc) is 2.28. The van der Waals surface area contributed by atoms with Crippen LogP contribution in [0.15, 0.2) is 24.3 Å². The standard InChI is InChI=1S/C13H17FN2/c1-11(16-9-4-2-3-8-15)12-6-5-7-13(14)10-12/h5-7,10-11,16H,2-4,9H2,1H3/t11-/m0/s1. The van der Waals surface area contributed by atoms with Crippen LogP contribution in [0.3, 0.4) is 0 Å². The van der Waals surface area contributed by atoms with Gasteiger partial charge >= 0.3 is 0 Å². The Balaban J connectivity index is 2.30. The number of hydrogen-bond donors (Lipinski definition) is 1. The SMILES string of the molecule is C[C@H](NCCCCC#N)c1cccc(F)c1. The number of benzene rings is 1. The number of rotatable bonds is 6. The fourth-order valence-corrected chi connectivity index (χ4v) is 1.54. The molecule has 0 amide bonds. The minimum Gasteiger partial charge on any atom is -0.310 e. The van der Waals surface area contributed by atoms with Crippen LogP contribution in [0.2, 0.25) is 0 Å². The molecule has 0 radical (unpaired) electrons. The van der Waals surface area contributed by atoms with Crippen LogP contribution in [-0.4, -0.2) is 6.54 Å². The van der Waals surface area contributed by atoms with Gasteiger partial charge in [0.25, 0.3) is 0 Å². The van der Waals surface area contributed by atoms with E-state index < -0.39 is 0 Å². The quantitative estimate of drug-likeness (QED) is 0.747. The topological polar surface area (TPSA) is 35.8 Å². The molecule has 86 valence electrons. The predicted octanol–water partition coefficient (Wildman–Crippen LogP) is 3.17. The van der Waals surface area contributed by atoms with E-state index in [-0.39, 0.29) is 11.9 Å². The Morgan fingerprint density at radius 2 is 2.25 bits per heavy atom. The Hall–Kier alpha value is -1.40. The van der Waals surface area contributed by atoms with Gasteiger partial charge < -0.3 is 5.32 Å². The summed E-state index contributed by atoms with van der Waals surface area (Å²) in [6.45, 7) is 2.87. The molecule has 0 spiro atoms. The van der Waals surface area contributed by atoms with Gasteiger partial charge in [-0.15, -0.1) is 0 Å². The zero-order valence-electron chi connectivity index (χ0n) is 9.54. The molecule has 0 aliphatic rings. The number of halogens is 1. The first-order chi connectivity index (χ1) is 7.74. The number of unbranched alkanes of at least 4 members (excludes halogenated alkanes) is 2. The molecule has 0 aromatic heterocycles. The third kappa shape index (κ3) is 4.41. The lowest BCUT2D eigenvalue weighted by Gasteiger charge is -2.13. The molecule has 0 bridgehead atoms. The van der Waals surface area contributed by atoms with E-state index >= 15 is 0 Å². The second kappa shape index (κ2) is 6.97. The molecule has 1 rings (SSSR count). The Morgan fingerprint density at radius 3 is 2.94 bits per heavy atom. The van der Waals surface area contributed by atoms with Crippen molar-refractivity contribution in [1.82, 2.24) is 5.32 Å². The van der Waals surface area contributed by atoms with Gasteiger partial charge in [-0.1, -0.05) is 12.1 Å². The van der Waals surface area contributed by atoms with E-state index in [1.165, 1.54) is 6.07 Å². The molecule has 3 heteroatoms. The Kier molecular flexibility index (Phi) is 5.52. The molecule has 16 heavy (non-hydrogen) atoms. The average molecular weight is 220 g/mol. The zero-order chi connectivity index (χ0) is 11.8. The molecule has 1 aromatic carbocycles. The van der Waals surface area contributed by atoms with Gasteiger partial charge in [-0.3, -0.25) is 0 Å². The smallest absolute Gasteiger partial charge is 0.123 e. The molecule has 0 aliphatic carbocycles. The van der Waals surface area contributed by atoms with Gasteiger partial charge in [0, 0.05) is 12.5 Å². The third-order valence-electron chi connectivity index (χ3n) is 2.51. The lowest BCUT2D eigenvalue weighted by Crippen LogP contribution is -2.19. The van der Waals surface area contributed by atoms with Crippen molar-refractivity contribution in [2.24, 2.45) is 0 Å². The maximum atomic E-state index is 13.0. The molecule has 0 fully saturated rings. The zero-order valence-corrected chi connectivity index (χ0v) is 9.54. The molecule has 0 heterocycles. The highest BCUT2D eigenvalue weighted by Gasteiger charge is 2.04. The van der Waals surface area contributed by atoms with Gasteiger partial charge in [0.15, 0.2) is 0 Å². The van der Waals surface area contributed by atoms with Crippen LogP contribution in [-0.2, 0) is 0 Å². The normalized spacial score (nSPS) is 12.1. The van der Waals surface area contributed by atoms with Gasteiger partial charge in [-0.25, -0.2) is 4.39 Å². The van der Waals surface area contributed by atoms with E-state index in [1.54, 1.807) is 12.1 Å². The van der Waals surface area contributed by atoms with Crippen molar-refractivity contribution in [2.45, 2.75) is 32.2 Å². The van der Waals surface area contributed by atoms with Crippen molar-refractivity contribution in [2.75, 3.05) is 6.54 Å². The third-order valence-corrected chi connectivity index (χ3v) is 2.51. The van der Waals surface area contributed by atoms with Crippen molar-refractivity contribution < 1.29 is 4.39 Å². The molecule has 1 N–H and O–H groups in total. The summed E-state index contributed by atoms with van der Waals surface area (Å²) < 4.78 is 13.0. The largest absolute Gasteiger partial charge is 0.310 e. The van der Waals surface area contributed by atoms with Crippen LogP contribution in [0.1, 0.15) is 37.8 Å². The minimum atomic E-state index is -0.198. The van der Waals surface area contributed by atoms with Crippen molar-refractivity contribution >= 4 is 0 Å². The van der Waals surface area contributed by atoms with Gasteiger partial charge in [0.05, 0.1) is 6.07 Å². The minimum absolute atomic E-state index is 0.151. The monoisotopic (exact) mass is 220 g/mol. The fraction of sp³-hybridized carbons (Fsp3) is 0.462. The Labute approximate surface area is 96.1 Å². The van der Waals surface area contributed by atoms with Crippen LogP contribution in [0.25, 0.3) is 0 Å². The number of nitrogens with one attached hydrogen (secondary N) is 1. The Morgan fingerprint density at radius 1 is 1.44 bits per heavy atom. The van der Waals surface area contributed by atoms with E-state index in [1.807, 2.05) is 13.0 Å². The first kappa shape index (κ1) is 12.7. The molecule has 0 aliphatic heterocycles. The molecule has 2 nitrogen and oxygen atoms in total.